The maximum atomic E-state index is 12.5. The molecule has 0 aliphatic heterocycles. The molecule has 28 heavy (non-hydrogen) atoms. The lowest BCUT2D eigenvalue weighted by Gasteiger charge is -2.12. The number of Topliss-reactive ketones (excluding diaryl/α,β-unsaturated/α-hetero) is 1. The van der Waals surface area contributed by atoms with Crippen molar-refractivity contribution in [2.24, 2.45) is 5.92 Å². The lowest BCUT2D eigenvalue weighted by molar-refractivity contribution is 0.102. The number of halogens is 1. The molecule has 0 fully saturated rings. The monoisotopic (exact) mass is 410 g/mol. The van der Waals surface area contributed by atoms with E-state index in [0.717, 1.165) is 17.9 Å². The van der Waals surface area contributed by atoms with Crippen molar-refractivity contribution in [1.82, 2.24) is 14.8 Å². The van der Waals surface area contributed by atoms with Crippen LogP contribution in [0.15, 0.2) is 53.7 Å². The minimum absolute atomic E-state index is 0.0124. The molecule has 0 saturated carbocycles. The van der Waals surface area contributed by atoms with Gasteiger partial charge < -0.3 is 4.57 Å². The molecular formula is C21H19ClN4OS. The van der Waals surface area contributed by atoms with Crippen LogP contribution in [0.3, 0.4) is 0 Å². The van der Waals surface area contributed by atoms with Gasteiger partial charge >= 0.3 is 0 Å². The van der Waals surface area contributed by atoms with Gasteiger partial charge in [-0.2, -0.15) is 5.26 Å². The summed E-state index contributed by atoms with van der Waals surface area (Å²) in [6, 6.07) is 16.2. The molecule has 0 N–H and O–H groups in total. The predicted molar refractivity (Wildman–Crippen MR) is 112 cm³/mol. The zero-order valence-corrected chi connectivity index (χ0v) is 17.2. The normalized spacial score (nSPS) is 10.8. The molecule has 0 saturated heterocycles. The maximum Gasteiger partial charge on any atom is 0.191 e. The van der Waals surface area contributed by atoms with Crippen molar-refractivity contribution in [1.29, 1.82) is 5.26 Å². The van der Waals surface area contributed by atoms with Crippen LogP contribution in [0.25, 0.3) is 11.4 Å². The number of benzene rings is 2. The molecule has 142 valence electrons. The highest BCUT2D eigenvalue weighted by molar-refractivity contribution is 7.99. The van der Waals surface area contributed by atoms with Crippen LogP contribution < -0.4 is 0 Å². The summed E-state index contributed by atoms with van der Waals surface area (Å²) >= 11 is 7.36. The molecule has 1 aromatic heterocycles. The van der Waals surface area contributed by atoms with E-state index < -0.39 is 0 Å². The maximum absolute atomic E-state index is 12.5. The Morgan fingerprint density at radius 2 is 1.82 bits per heavy atom. The number of ketones is 1. The van der Waals surface area contributed by atoms with Crippen LogP contribution in [0.4, 0.5) is 0 Å². The van der Waals surface area contributed by atoms with E-state index in [1.165, 1.54) is 11.8 Å². The van der Waals surface area contributed by atoms with E-state index in [0.29, 0.717) is 27.2 Å². The minimum Gasteiger partial charge on any atom is -0.302 e. The summed E-state index contributed by atoms with van der Waals surface area (Å²) in [5, 5.41) is 18.9. The van der Waals surface area contributed by atoms with Gasteiger partial charge in [0.25, 0.3) is 0 Å². The fourth-order valence-corrected chi connectivity index (χ4v) is 3.65. The second-order valence-electron chi connectivity index (χ2n) is 6.72. The van der Waals surface area contributed by atoms with Crippen molar-refractivity contribution in [2.75, 3.05) is 5.75 Å². The van der Waals surface area contributed by atoms with Gasteiger partial charge in [0.2, 0.25) is 0 Å². The molecule has 1 heterocycles. The summed E-state index contributed by atoms with van der Waals surface area (Å²) in [7, 11) is 0. The molecule has 0 spiro atoms. The van der Waals surface area contributed by atoms with E-state index in [-0.39, 0.29) is 11.5 Å². The van der Waals surface area contributed by atoms with Gasteiger partial charge in [-0.25, -0.2) is 0 Å². The molecule has 0 radical (unpaired) electrons. The number of carbonyl (C=O) groups excluding carboxylic acids is 1. The molecular weight excluding hydrogens is 392 g/mol. The minimum atomic E-state index is -0.0124. The van der Waals surface area contributed by atoms with Crippen LogP contribution in [0.5, 0.6) is 0 Å². The van der Waals surface area contributed by atoms with E-state index in [1.807, 2.05) is 28.8 Å². The van der Waals surface area contributed by atoms with Gasteiger partial charge in [-0.05, 0) is 42.3 Å². The van der Waals surface area contributed by atoms with Gasteiger partial charge in [0, 0.05) is 22.7 Å². The molecule has 0 amide bonds. The smallest absolute Gasteiger partial charge is 0.191 e. The van der Waals surface area contributed by atoms with Crippen LogP contribution in [0.2, 0.25) is 5.02 Å². The Hall–Kier alpha value is -2.62. The first-order chi connectivity index (χ1) is 13.5. The summed E-state index contributed by atoms with van der Waals surface area (Å²) in [5.74, 6) is 1.40. The summed E-state index contributed by atoms with van der Waals surface area (Å²) in [5.41, 5.74) is 2.05. The molecule has 3 aromatic rings. The zero-order chi connectivity index (χ0) is 20.1. The number of carbonyl (C=O) groups is 1. The molecule has 0 aliphatic rings. The Labute approximate surface area is 173 Å². The highest BCUT2D eigenvalue weighted by atomic mass is 35.5. The number of hydrogen-bond acceptors (Lipinski definition) is 5. The Morgan fingerprint density at radius 3 is 2.43 bits per heavy atom. The van der Waals surface area contributed by atoms with Crippen molar-refractivity contribution in [2.45, 2.75) is 25.5 Å². The van der Waals surface area contributed by atoms with Gasteiger partial charge in [-0.15, -0.1) is 10.2 Å². The van der Waals surface area contributed by atoms with Crippen LogP contribution in [0, 0.1) is 17.2 Å². The van der Waals surface area contributed by atoms with Crippen molar-refractivity contribution in [3.05, 3.63) is 64.7 Å². The Bertz CT molecular complexity index is 1000. The Kier molecular flexibility index (Phi) is 6.50. The fraction of sp³-hybridized carbons (Fsp3) is 0.238. The number of rotatable bonds is 7. The lowest BCUT2D eigenvalue weighted by atomic mass is 10.1. The summed E-state index contributed by atoms with van der Waals surface area (Å²) in [4.78, 5) is 12.5. The van der Waals surface area contributed by atoms with Gasteiger partial charge in [0.15, 0.2) is 16.8 Å². The van der Waals surface area contributed by atoms with E-state index >= 15 is 0 Å². The van der Waals surface area contributed by atoms with Crippen molar-refractivity contribution < 1.29 is 4.79 Å². The molecule has 0 unspecified atom stereocenters. The number of hydrogen-bond donors (Lipinski definition) is 0. The van der Waals surface area contributed by atoms with Crippen LogP contribution in [-0.2, 0) is 6.54 Å². The second kappa shape index (κ2) is 9.05. The van der Waals surface area contributed by atoms with E-state index in [2.05, 4.69) is 30.1 Å². The fourth-order valence-electron chi connectivity index (χ4n) is 2.68. The van der Waals surface area contributed by atoms with Gasteiger partial charge in [0.1, 0.15) is 0 Å². The van der Waals surface area contributed by atoms with Crippen molar-refractivity contribution >= 4 is 29.1 Å². The molecule has 0 atom stereocenters. The predicted octanol–water partition coefficient (Wildman–Crippen LogP) is 5.10. The third-order valence-electron chi connectivity index (χ3n) is 4.04. The van der Waals surface area contributed by atoms with Crippen LogP contribution in [0.1, 0.15) is 29.8 Å². The van der Waals surface area contributed by atoms with Crippen molar-refractivity contribution in [3.63, 3.8) is 0 Å². The van der Waals surface area contributed by atoms with Gasteiger partial charge in [-0.1, -0.05) is 49.3 Å². The first-order valence-corrected chi connectivity index (χ1v) is 10.2. The molecule has 0 bridgehead atoms. The first kappa shape index (κ1) is 20.1. The summed E-state index contributed by atoms with van der Waals surface area (Å²) in [6.07, 6.45) is 0. The summed E-state index contributed by atoms with van der Waals surface area (Å²) < 4.78 is 2.05. The first-order valence-electron chi connectivity index (χ1n) is 8.83. The topological polar surface area (TPSA) is 71.6 Å². The third kappa shape index (κ3) is 4.80. The molecule has 3 rings (SSSR count). The highest BCUT2D eigenvalue weighted by Gasteiger charge is 2.17. The SMILES string of the molecule is CC(C)Cn1c(SCC(=O)c2ccc(C#N)cc2)nnc1-c1ccc(Cl)cc1. The van der Waals surface area contributed by atoms with Crippen LogP contribution >= 0.6 is 23.4 Å². The number of thioether (sulfide) groups is 1. The average Bonchev–Trinajstić information content (AvgIpc) is 3.08. The zero-order valence-electron chi connectivity index (χ0n) is 15.6. The number of aromatic nitrogens is 3. The second-order valence-corrected chi connectivity index (χ2v) is 8.10. The van der Waals surface area contributed by atoms with E-state index in [4.69, 9.17) is 16.9 Å². The Balaban J connectivity index is 1.80. The lowest BCUT2D eigenvalue weighted by Crippen LogP contribution is -2.09. The quantitative estimate of drug-likeness (QED) is 0.400. The summed E-state index contributed by atoms with van der Waals surface area (Å²) in [6.45, 7) is 5.00. The van der Waals surface area contributed by atoms with E-state index in [9.17, 15) is 4.79 Å². The molecule has 0 aliphatic carbocycles. The molecule has 2 aromatic carbocycles. The van der Waals surface area contributed by atoms with Crippen LogP contribution in [-0.4, -0.2) is 26.3 Å². The molecule has 5 nitrogen and oxygen atoms in total. The number of nitriles is 1. The van der Waals surface area contributed by atoms with E-state index in [1.54, 1.807) is 24.3 Å². The Morgan fingerprint density at radius 1 is 1.14 bits per heavy atom. The van der Waals surface area contributed by atoms with Crippen molar-refractivity contribution in [3.8, 4) is 17.5 Å². The highest BCUT2D eigenvalue weighted by Crippen LogP contribution is 2.26. The van der Waals surface area contributed by atoms with Gasteiger partial charge in [0.05, 0.1) is 17.4 Å². The third-order valence-corrected chi connectivity index (χ3v) is 5.25. The van der Waals surface area contributed by atoms with Gasteiger partial charge in [-0.3, -0.25) is 4.79 Å². The molecule has 7 heteroatoms. The average molecular weight is 411 g/mol. The standard InChI is InChI=1S/C21H19ClN4OS/c1-14(2)12-26-20(17-7-9-18(22)10-8-17)24-25-21(26)28-13-19(27)16-5-3-15(11-23)4-6-16/h3-10,14H,12-13H2,1-2H3. The number of nitrogens with zero attached hydrogens (tertiary/aromatic N) is 4. The largest absolute Gasteiger partial charge is 0.302 e.